The fourth-order valence-corrected chi connectivity index (χ4v) is 2.17. The minimum absolute atomic E-state index is 0.139. The van der Waals surface area contributed by atoms with Gasteiger partial charge in [0.05, 0.1) is 22.4 Å². The number of nitrogens with zero attached hydrogens (tertiary/aromatic N) is 2. The zero-order valence-electron chi connectivity index (χ0n) is 11.4. The average Bonchev–Trinajstić information content (AvgIpc) is 2.50. The summed E-state index contributed by atoms with van der Waals surface area (Å²) in [6, 6.07) is 8.50. The lowest BCUT2D eigenvalue weighted by molar-refractivity contribution is -0.385. The Morgan fingerprint density at radius 1 is 1.30 bits per heavy atom. The lowest BCUT2D eigenvalue weighted by Gasteiger charge is -2.03. The Hall–Kier alpha value is -2.94. The van der Waals surface area contributed by atoms with Gasteiger partial charge in [-0.1, -0.05) is 15.9 Å². The molecule has 0 unspecified atom stereocenters. The summed E-state index contributed by atoms with van der Waals surface area (Å²) in [6.07, 6.45) is 1.22. The van der Waals surface area contributed by atoms with Gasteiger partial charge in [-0.05, 0) is 30.3 Å². The van der Waals surface area contributed by atoms with Gasteiger partial charge < -0.3 is 10.2 Å². The molecule has 0 heterocycles. The third-order valence-corrected chi connectivity index (χ3v) is 3.27. The molecule has 0 aliphatic carbocycles. The SMILES string of the molecule is O=C(O)c1ccc(NN=Cc2cc(Br)cc([N+](=O)[O-])c2O)cc1. The lowest BCUT2D eigenvalue weighted by atomic mass is 10.2. The number of carboxylic acid groups (broad SMARTS) is 1. The maximum absolute atomic E-state index is 10.8. The normalized spacial score (nSPS) is 10.7. The molecule has 9 heteroatoms. The molecular weight excluding hydrogens is 370 g/mol. The van der Waals surface area contributed by atoms with Crippen LogP contribution in [-0.2, 0) is 0 Å². The van der Waals surface area contributed by atoms with E-state index in [1.807, 2.05) is 0 Å². The van der Waals surface area contributed by atoms with Gasteiger partial charge >= 0.3 is 11.7 Å². The first-order valence-corrected chi connectivity index (χ1v) is 6.97. The third-order valence-electron chi connectivity index (χ3n) is 2.81. The molecule has 0 bridgehead atoms. The molecule has 0 fully saturated rings. The Morgan fingerprint density at radius 2 is 1.96 bits per heavy atom. The Balaban J connectivity index is 2.17. The van der Waals surface area contributed by atoms with E-state index in [4.69, 9.17) is 5.11 Å². The standard InChI is InChI=1S/C14H10BrN3O5/c15-10-5-9(13(19)12(6-10)18(22)23)7-16-17-11-3-1-8(2-4-11)14(20)21/h1-7,17,19H,(H,20,21). The van der Waals surface area contributed by atoms with Crippen molar-refractivity contribution in [2.75, 3.05) is 5.43 Å². The first-order valence-electron chi connectivity index (χ1n) is 6.18. The number of nitro groups is 1. The van der Waals surface area contributed by atoms with E-state index in [0.717, 1.165) is 0 Å². The van der Waals surface area contributed by atoms with Crippen LogP contribution >= 0.6 is 15.9 Å². The van der Waals surface area contributed by atoms with E-state index in [2.05, 4.69) is 26.5 Å². The minimum atomic E-state index is -1.04. The number of rotatable bonds is 5. The van der Waals surface area contributed by atoms with Crippen molar-refractivity contribution in [3.05, 3.63) is 62.1 Å². The number of nitrogens with one attached hydrogen (secondary N) is 1. The summed E-state index contributed by atoms with van der Waals surface area (Å²) in [5, 5.41) is 33.3. The highest BCUT2D eigenvalue weighted by atomic mass is 79.9. The number of hydrogen-bond acceptors (Lipinski definition) is 6. The van der Waals surface area contributed by atoms with Crippen LogP contribution in [0.15, 0.2) is 46.0 Å². The molecule has 23 heavy (non-hydrogen) atoms. The number of aromatic carboxylic acids is 1. The molecule has 3 N–H and O–H groups in total. The van der Waals surface area contributed by atoms with Crippen LogP contribution in [0.25, 0.3) is 0 Å². The van der Waals surface area contributed by atoms with Gasteiger partial charge in [-0.3, -0.25) is 15.5 Å². The smallest absolute Gasteiger partial charge is 0.335 e. The van der Waals surface area contributed by atoms with Crippen LogP contribution in [0.5, 0.6) is 5.75 Å². The molecule has 8 nitrogen and oxygen atoms in total. The molecule has 0 spiro atoms. The first-order chi connectivity index (χ1) is 10.9. The summed E-state index contributed by atoms with van der Waals surface area (Å²) in [7, 11) is 0. The van der Waals surface area contributed by atoms with Crippen molar-refractivity contribution in [2.24, 2.45) is 5.10 Å². The zero-order valence-corrected chi connectivity index (χ0v) is 13.0. The summed E-state index contributed by atoms with van der Waals surface area (Å²) in [5.74, 6) is -1.53. The highest BCUT2D eigenvalue weighted by molar-refractivity contribution is 9.10. The Bertz CT molecular complexity index is 790. The Labute approximate surface area is 138 Å². The van der Waals surface area contributed by atoms with Crippen LogP contribution in [0.1, 0.15) is 15.9 Å². The number of halogens is 1. The van der Waals surface area contributed by atoms with E-state index in [0.29, 0.717) is 10.2 Å². The molecule has 0 aliphatic rings. The number of carboxylic acids is 1. The summed E-state index contributed by atoms with van der Waals surface area (Å²) < 4.78 is 0.425. The number of phenols is 1. The van der Waals surface area contributed by atoms with Crippen molar-refractivity contribution in [3.63, 3.8) is 0 Å². The number of aromatic hydroxyl groups is 1. The van der Waals surface area contributed by atoms with Crippen molar-refractivity contribution >= 4 is 39.5 Å². The van der Waals surface area contributed by atoms with E-state index in [9.17, 15) is 20.0 Å². The van der Waals surface area contributed by atoms with Gasteiger partial charge in [0, 0.05) is 16.1 Å². The van der Waals surface area contributed by atoms with E-state index < -0.39 is 22.3 Å². The maximum Gasteiger partial charge on any atom is 0.335 e. The van der Waals surface area contributed by atoms with Crippen LogP contribution < -0.4 is 5.43 Å². The first kappa shape index (κ1) is 16.4. The number of hydrogen-bond donors (Lipinski definition) is 3. The largest absolute Gasteiger partial charge is 0.502 e. The number of hydrazone groups is 1. The Kier molecular flexibility index (Phi) is 4.91. The van der Waals surface area contributed by atoms with Gasteiger partial charge in [-0.25, -0.2) is 4.79 Å². The second kappa shape index (κ2) is 6.88. The van der Waals surface area contributed by atoms with Crippen molar-refractivity contribution in [3.8, 4) is 5.75 Å². The summed E-state index contributed by atoms with van der Waals surface area (Å²) in [5.41, 5.74) is 3.01. The van der Waals surface area contributed by atoms with Crippen molar-refractivity contribution in [1.29, 1.82) is 0 Å². The Morgan fingerprint density at radius 3 is 2.52 bits per heavy atom. The molecule has 0 amide bonds. The zero-order chi connectivity index (χ0) is 17.0. The fraction of sp³-hybridized carbons (Fsp3) is 0. The monoisotopic (exact) mass is 379 g/mol. The van der Waals surface area contributed by atoms with Gasteiger partial charge in [0.25, 0.3) is 0 Å². The van der Waals surface area contributed by atoms with Gasteiger partial charge in [-0.15, -0.1) is 0 Å². The quantitative estimate of drug-likeness (QED) is 0.416. The van der Waals surface area contributed by atoms with Gasteiger partial charge in [0.1, 0.15) is 0 Å². The molecule has 0 aromatic heterocycles. The highest BCUT2D eigenvalue weighted by Crippen LogP contribution is 2.32. The van der Waals surface area contributed by atoms with Gasteiger partial charge in [-0.2, -0.15) is 5.10 Å². The van der Waals surface area contributed by atoms with E-state index in [1.54, 1.807) is 0 Å². The fourth-order valence-electron chi connectivity index (χ4n) is 1.71. The number of carbonyl (C=O) groups is 1. The summed E-state index contributed by atoms with van der Waals surface area (Å²) in [6.45, 7) is 0. The molecule has 0 aliphatic heterocycles. The highest BCUT2D eigenvalue weighted by Gasteiger charge is 2.17. The second-order valence-electron chi connectivity index (χ2n) is 4.37. The predicted octanol–water partition coefficient (Wildman–Crippen LogP) is 3.21. The lowest BCUT2D eigenvalue weighted by Crippen LogP contribution is -1.97. The molecule has 0 saturated heterocycles. The van der Waals surface area contributed by atoms with Crippen molar-refractivity contribution in [2.45, 2.75) is 0 Å². The number of anilines is 1. The number of benzene rings is 2. The second-order valence-corrected chi connectivity index (χ2v) is 5.29. The summed E-state index contributed by atoms with van der Waals surface area (Å²) in [4.78, 5) is 20.9. The van der Waals surface area contributed by atoms with Crippen LogP contribution in [0.3, 0.4) is 0 Å². The molecule has 118 valence electrons. The summed E-state index contributed by atoms with van der Waals surface area (Å²) >= 11 is 3.12. The van der Waals surface area contributed by atoms with Crippen LogP contribution in [0.4, 0.5) is 11.4 Å². The van der Waals surface area contributed by atoms with Crippen molar-refractivity contribution < 1.29 is 19.9 Å². The van der Waals surface area contributed by atoms with E-state index >= 15 is 0 Å². The third kappa shape index (κ3) is 4.04. The number of nitro benzene ring substituents is 1. The molecule has 2 rings (SSSR count). The maximum atomic E-state index is 10.8. The van der Waals surface area contributed by atoms with Crippen LogP contribution in [0, 0.1) is 10.1 Å². The van der Waals surface area contributed by atoms with Gasteiger partial charge in [0.15, 0.2) is 0 Å². The molecule has 0 saturated carbocycles. The van der Waals surface area contributed by atoms with Gasteiger partial charge in [0.2, 0.25) is 5.75 Å². The molecule has 2 aromatic rings. The van der Waals surface area contributed by atoms with E-state index in [-0.39, 0.29) is 11.1 Å². The minimum Gasteiger partial charge on any atom is -0.502 e. The van der Waals surface area contributed by atoms with E-state index in [1.165, 1.54) is 42.6 Å². The molecule has 2 aromatic carbocycles. The molecule has 0 radical (unpaired) electrons. The van der Waals surface area contributed by atoms with Crippen LogP contribution in [0.2, 0.25) is 0 Å². The topological polar surface area (TPSA) is 125 Å². The average molecular weight is 380 g/mol. The number of phenolic OH excluding ortho intramolecular Hbond substituents is 1. The predicted molar refractivity (Wildman–Crippen MR) is 87.1 cm³/mol. The van der Waals surface area contributed by atoms with Crippen molar-refractivity contribution in [1.82, 2.24) is 0 Å². The van der Waals surface area contributed by atoms with Crippen LogP contribution in [-0.4, -0.2) is 27.3 Å². The molecule has 0 atom stereocenters. The molecular formula is C14H10BrN3O5.